The summed E-state index contributed by atoms with van der Waals surface area (Å²) < 4.78 is 0. The van der Waals surface area contributed by atoms with Crippen LogP contribution in [0.5, 0.6) is 0 Å². The van der Waals surface area contributed by atoms with Crippen molar-refractivity contribution in [2.24, 2.45) is 5.92 Å². The number of aromatic amines is 1. The molecule has 96 valence electrons. The monoisotopic (exact) mass is 245 g/mol. The Kier molecular flexibility index (Phi) is 3.97. The molecule has 2 N–H and O–H groups in total. The average Bonchev–Trinajstić information content (AvgIpc) is 2.70. The highest BCUT2D eigenvalue weighted by atomic mass is 16.1. The zero-order valence-electron chi connectivity index (χ0n) is 10.9. The second kappa shape index (κ2) is 5.67. The molecule has 4 nitrogen and oxygen atoms in total. The summed E-state index contributed by atoms with van der Waals surface area (Å²) in [4.78, 5) is 19.2. The van der Waals surface area contributed by atoms with Crippen molar-refractivity contribution < 1.29 is 4.79 Å². The van der Waals surface area contributed by atoms with Gasteiger partial charge < -0.3 is 10.3 Å². The molecule has 0 atom stereocenters. The lowest BCUT2D eigenvalue weighted by atomic mass is 10.1. The second-order valence-corrected chi connectivity index (χ2v) is 4.91. The zero-order chi connectivity index (χ0) is 13.0. The van der Waals surface area contributed by atoms with Gasteiger partial charge in [0.15, 0.2) is 0 Å². The molecular weight excluding hydrogens is 226 g/mol. The van der Waals surface area contributed by atoms with E-state index in [1.807, 2.05) is 24.3 Å². The van der Waals surface area contributed by atoms with Gasteiger partial charge in [0.25, 0.3) is 0 Å². The third kappa shape index (κ3) is 3.32. The molecule has 0 saturated heterocycles. The van der Waals surface area contributed by atoms with Crippen molar-refractivity contribution >= 4 is 16.9 Å². The summed E-state index contributed by atoms with van der Waals surface area (Å²) in [7, 11) is 0. The number of H-pyrrole nitrogens is 1. The van der Waals surface area contributed by atoms with Crippen LogP contribution < -0.4 is 5.32 Å². The van der Waals surface area contributed by atoms with E-state index in [0.29, 0.717) is 12.3 Å². The smallest absolute Gasteiger partial charge is 0.227 e. The quantitative estimate of drug-likeness (QED) is 0.849. The van der Waals surface area contributed by atoms with E-state index < -0.39 is 0 Å². The summed E-state index contributed by atoms with van der Waals surface area (Å²) >= 11 is 0. The molecule has 18 heavy (non-hydrogen) atoms. The van der Waals surface area contributed by atoms with Crippen LogP contribution in [0.2, 0.25) is 0 Å². The van der Waals surface area contributed by atoms with E-state index in [4.69, 9.17) is 0 Å². The van der Waals surface area contributed by atoms with Crippen LogP contribution in [0.15, 0.2) is 24.3 Å². The predicted molar refractivity (Wildman–Crippen MR) is 72.3 cm³/mol. The van der Waals surface area contributed by atoms with Crippen LogP contribution in [0.1, 0.15) is 26.1 Å². The van der Waals surface area contributed by atoms with Crippen molar-refractivity contribution in [3.63, 3.8) is 0 Å². The lowest BCUT2D eigenvalue weighted by Gasteiger charge is -2.05. The van der Waals surface area contributed by atoms with Gasteiger partial charge in [-0.15, -0.1) is 0 Å². The average molecular weight is 245 g/mol. The molecule has 1 heterocycles. The van der Waals surface area contributed by atoms with E-state index >= 15 is 0 Å². The first kappa shape index (κ1) is 12.6. The molecule has 0 saturated carbocycles. The molecule has 1 amide bonds. The van der Waals surface area contributed by atoms with Gasteiger partial charge in [-0.2, -0.15) is 0 Å². The van der Waals surface area contributed by atoms with Gasteiger partial charge in [0.2, 0.25) is 5.91 Å². The number of nitrogens with one attached hydrogen (secondary N) is 2. The Hall–Kier alpha value is -1.84. The van der Waals surface area contributed by atoms with Crippen LogP contribution in [0.25, 0.3) is 11.0 Å². The third-order valence-corrected chi connectivity index (χ3v) is 2.81. The van der Waals surface area contributed by atoms with E-state index in [1.165, 1.54) is 0 Å². The van der Waals surface area contributed by atoms with E-state index in [0.717, 1.165) is 29.8 Å². The van der Waals surface area contributed by atoms with Crippen molar-refractivity contribution in [1.29, 1.82) is 0 Å². The summed E-state index contributed by atoms with van der Waals surface area (Å²) in [6.07, 6.45) is 1.32. The molecule has 4 heteroatoms. The van der Waals surface area contributed by atoms with Crippen molar-refractivity contribution in [3.8, 4) is 0 Å². The molecule has 2 rings (SSSR count). The minimum atomic E-state index is 0.0229. The van der Waals surface area contributed by atoms with Gasteiger partial charge in [0.1, 0.15) is 5.82 Å². The Morgan fingerprint density at radius 3 is 2.89 bits per heavy atom. The highest BCUT2D eigenvalue weighted by Gasteiger charge is 2.07. The van der Waals surface area contributed by atoms with Crippen molar-refractivity contribution in [2.45, 2.75) is 26.7 Å². The number of carbonyl (C=O) groups excluding carboxylic acids is 1. The number of hydrogen-bond donors (Lipinski definition) is 2. The first-order valence-corrected chi connectivity index (χ1v) is 6.35. The van der Waals surface area contributed by atoms with E-state index in [-0.39, 0.29) is 5.91 Å². The number of para-hydroxylation sites is 2. The van der Waals surface area contributed by atoms with E-state index in [2.05, 4.69) is 29.1 Å². The highest BCUT2D eigenvalue weighted by Crippen LogP contribution is 2.10. The van der Waals surface area contributed by atoms with Gasteiger partial charge in [-0.05, 0) is 24.5 Å². The lowest BCUT2D eigenvalue weighted by molar-refractivity contribution is -0.120. The summed E-state index contributed by atoms with van der Waals surface area (Å²) in [5.74, 6) is 1.35. The Balaban J connectivity index is 1.90. The summed E-state index contributed by atoms with van der Waals surface area (Å²) in [5, 5.41) is 2.91. The molecule has 0 spiro atoms. The molecule has 0 aliphatic carbocycles. The van der Waals surface area contributed by atoms with Crippen molar-refractivity contribution in [3.05, 3.63) is 30.1 Å². The minimum Gasteiger partial charge on any atom is -0.356 e. The van der Waals surface area contributed by atoms with Gasteiger partial charge in [0, 0.05) is 6.54 Å². The number of hydrogen-bond acceptors (Lipinski definition) is 2. The number of imidazole rings is 1. The van der Waals surface area contributed by atoms with Crippen LogP contribution in [0.3, 0.4) is 0 Å². The maximum Gasteiger partial charge on any atom is 0.227 e. The lowest BCUT2D eigenvalue weighted by Crippen LogP contribution is -2.27. The van der Waals surface area contributed by atoms with Gasteiger partial charge in [-0.3, -0.25) is 4.79 Å². The summed E-state index contributed by atoms with van der Waals surface area (Å²) in [6, 6.07) is 7.79. The molecule has 0 aliphatic heterocycles. The van der Waals surface area contributed by atoms with Gasteiger partial charge in [0.05, 0.1) is 17.5 Å². The number of carbonyl (C=O) groups is 1. The first-order valence-electron chi connectivity index (χ1n) is 6.35. The number of benzene rings is 1. The van der Waals surface area contributed by atoms with Gasteiger partial charge in [-0.1, -0.05) is 26.0 Å². The first-order chi connectivity index (χ1) is 8.65. The van der Waals surface area contributed by atoms with Crippen LogP contribution in [0.4, 0.5) is 0 Å². The highest BCUT2D eigenvalue weighted by molar-refractivity contribution is 5.80. The minimum absolute atomic E-state index is 0.0229. The molecule has 1 aromatic heterocycles. The van der Waals surface area contributed by atoms with Crippen molar-refractivity contribution in [2.75, 3.05) is 6.54 Å². The Morgan fingerprint density at radius 1 is 1.39 bits per heavy atom. The number of rotatable bonds is 5. The number of fused-ring (bicyclic) bond motifs is 1. The molecular formula is C14H19N3O. The number of aromatic nitrogens is 2. The standard InChI is InChI=1S/C14H19N3O/c1-10(2)7-8-15-14(18)9-13-16-11-5-3-4-6-12(11)17-13/h3-6,10H,7-9H2,1-2H3,(H,15,18)(H,16,17). The van der Waals surface area contributed by atoms with Crippen molar-refractivity contribution in [1.82, 2.24) is 15.3 Å². The Bertz CT molecular complexity index is 498. The molecule has 2 aromatic rings. The van der Waals surface area contributed by atoms with E-state index in [9.17, 15) is 4.79 Å². The fourth-order valence-corrected chi connectivity index (χ4v) is 1.80. The Labute approximate surface area is 107 Å². The molecule has 1 aromatic carbocycles. The van der Waals surface area contributed by atoms with Crippen LogP contribution in [-0.2, 0) is 11.2 Å². The molecule has 0 unspecified atom stereocenters. The zero-order valence-corrected chi connectivity index (χ0v) is 10.9. The summed E-state index contributed by atoms with van der Waals surface area (Å²) in [5.41, 5.74) is 1.88. The van der Waals surface area contributed by atoms with Crippen LogP contribution in [0, 0.1) is 5.92 Å². The molecule has 0 fully saturated rings. The summed E-state index contributed by atoms with van der Waals surface area (Å²) in [6.45, 7) is 5.02. The predicted octanol–water partition coefficient (Wildman–Crippen LogP) is 2.27. The third-order valence-electron chi connectivity index (χ3n) is 2.81. The SMILES string of the molecule is CC(C)CCNC(=O)Cc1nc2ccccc2[nH]1. The normalized spacial score (nSPS) is 11.1. The van der Waals surface area contributed by atoms with Crippen LogP contribution in [-0.4, -0.2) is 22.4 Å². The number of amides is 1. The number of nitrogens with zero attached hydrogens (tertiary/aromatic N) is 1. The fourth-order valence-electron chi connectivity index (χ4n) is 1.80. The Morgan fingerprint density at radius 2 is 2.17 bits per heavy atom. The molecule has 0 radical (unpaired) electrons. The van der Waals surface area contributed by atoms with Gasteiger partial charge >= 0.3 is 0 Å². The maximum absolute atomic E-state index is 11.7. The van der Waals surface area contributed by atoms with E-state index in [1.54, 1.807) is 0 Å². The molecule has 0 bridgehead atoms. The second-order valence-electron chi connectivity index (χ2n) is 4.91. The largest absolute Gasteiger partial charge is 0.356 e. The maximum atomic E-state index is 11.7. The topological polar surface area (TPSA) is 57.8 Å². The van der Waals surface area contributed by atoms with Crippen LogP contribution >= 0.6 is 0 Å². The fraction of sp³-hybridized carbons (Fsp3) is 0.429. The molecule has 0 aliphatic rings. The van der Waals surface area contributed by atoms with Gasteiger partial charge in [-0.25, -0.2) is 4.98 Å².